The summed E-state index contributed by atoms with van der Waals surface area (Å²) in [6.45, 7) is 5.58. The number of hydrogen-bond donors (Lipinski definition) is 2. The fourth-order valence-corrected chi connectivity index (χ4v) is 3.03. The van der Waals surface area contributed by atoms with E-state index in [2.05, 4.69) is 19.1 Å². The van der Waals surface area contributed by atoms with Crippen molar-refractivity contribution in [2.24, 2.45) is 0 Å². The largest absolute Gasteiger partial charge is 0.464 e. The molecule has 0 aromatic carbocycles. The molecule has 0 spiro atoms. The molecule has 2 N–H and O–H groups in total. The van der Waals surface area contributed by atoms with Gasteiger partial charge in [0, 0.05) is 0 Å². The summed E-state index contributed by atoms with van der Waals surface area (Å²) in [5.41, 5.74) is 0. The molecule has 0 radical (unpaired) electrons. The van der Waals surface area contributed by atoms with Crippen molar-refractivity contribution in [3.05, 3.63) is 12.2 Å². The van der Waals surface area contributed by atoms with E-state index in [4.69, 9.17) is 9.47 Å². The molecule has 3 atom stereocenters. The maximum absolute atomic E-state index is 11.9. The molecule has 176 valence electrons. The Morgan fingerprint density at radius 2 is 1.37 bits per heavy atom. The van der Waals surface area contributed by atoms with Gasteiger partial charge in [0.05, 0.1) is 6.61 Å². The number of ether oxygens (including phenoxy) is 2. The van der Waals surface area contributed by atoms with Crippen LogP contribution < -0.4 is 0 Å². The van der Waals surface area contributed by atoms with E-state index in [9.17, 15) is 19.8 Å². The first-order valence-corrected chi connectivity index (χ1v) is 11.8. The topological polar surface area (TPSA) is 93.1 Å². The van der Waals surface area contributed by atoms with Gasteiger partial charge in [0.25, 0.3) is 0 Å². The molecule has 0 fully saturated rings. The highest BCUT2D eigenvalue weighted by atomic mass is 16.6. The number of carbonyl (C=O) groups is 2. The van der Waals surface area contributed by atoms with Crippen molar-refractivity contribution in [1.29, 1.82) is 0 Å². The predicted molar refractivity (Wildman–Crippen MR) is 119 cm³/mol. The third-order valence-electron chi connectivity index (χ3n) is 4.90. The Bertz CT molecular complexity index is 461. The predicted octanol–water partition coefficient (Wildman–Crippen LogP) is 4.85. The normalized spacial score (nSPS) is 14.4. The Morgan fingerprint density at radius 3 is 1.93 bits per heavy atom. The van der Waals surface area contributed by atoms with E-state index in [1.54, 1.807) is 0 Å². The maximum atomic E-state index is 11.9. The zero-order chi connectivity index (χ0) is 22.6. The first-order chi connectivity index (χ1) is 14.4. The molecule has 0 aliphatic carbocycles. The van der Waals surface area contributed by atoms with Gasteiger partial charge in [-0.05, 0) is 51.9 Å². The van der Waals surface area contributed by atoms with Gasteiger partial charge >= 0.3 is 11.9 Å². The van der Waals surface area contributed by atoms with Crippen LogP contribution in [-0.4, -0.2) is 47.1 Å². The van der Waals surface area contributed by atoms with Crippen molar-refractivity contribution in [3.63, 3.8) is 0 Å². The molecule has 0 aromatic heterocycles. The molecular formula is C24H44O6. The number of rotatable bonds is 19. The third-order valence-corrected chi connectivity index (χ3v) is 4.90. The number of esters is 2. The van der Waals surface area contributed by atoms with Gasteiger partial charge in [-0.1, -0.05) is 64.5 Å². The minimum atomic E-state index is -1.53. The molecule has 0 aromatic rings. The average Bonchev–Trinajstić information content (AvgIpc) is 2.73. The lowest BCUT2D eigenvalue weighted by atomic mass is 10.0. The number of allylic oxidation sites excluding steroid dienone is 2. The number of aliphatic hydroxyl groups excluding tert-OH is 2. The van der Waals surface area contributed by atoms with Crippen LogP contribution in [0.15, 0.2) is 12.2 Å². The molecule has 0 heterocycles. The van der Waals surface area contributed by atoms with Crippen molar-refractivity contribution in [3.8, 4) is 0 Å². The summed E-state index contributed by atoms with van der Waals surface area (Å²) in [4.78, 5) is 23.6. The molecule has 30 heavy (non-hydrogen) atoms. The van der Waals surface area contributed by atoms with Crippen LogP contribution in [0.1, 0.15) is 104 Å². The zero-order valence-corrected chi connectivity index (χ0v) is 19.3. The quantitative estimate of drug-likeness (QED) is 0.174. The molecule has 3 unspecified atom stereocenters. The molecular weight excluding hydrogens is 384 g/mol. The fraction of sp³-hybridized carbons (Fsp3) is 0.833. The molecule has 0 aliphatic heterocycles. The second-order valence-corrected chi connectivity index (χ2v) is 7.93. The van der Waals surface area contributed by atoms with E-state index < -0.39 is 30.3 Å². The molecule has 0 aliphatic rings. The smallest absolute Gasteiger partial charge is 0.338 e. The average molecular weight is 429 g/mol. The van der Waals surface area contributed by atoms with Gasteiger partial charge < -0.3 is 19.7 Å². The van der Waals surface area contributed by atoms with Gasteiger partial charge in [0.2, 0.25) is 0 Å². The fourth-order valence-electron chi connectivity index (χ4n) is 3.03. The first kappa shape index (κ1) is 28.6. The summed E-state index contributed by atoms with van der Waals surface area (Å²) in [5.74, 6) is -1.64. The molecule has 0 saturated carbocycles. The highest BCUT2D eigenvalue weighted by molar-refractivity contribution is 5.77. The van der Waals surface area contributed by atoms with Crippen molar-refractivity contribution >= 4 is 11.9 Å². The minimum Gasteiger partial charge on any atom is -0.464 e. The first-order valence-electron chi connectivity index (χ1n) is 11.8. The Hall–Kier alpha value is -1.40. The summed E-state index contributed by atoms with van der Waals surface area (Å²) in [6, 6.07) is 0. The van der Waals surface area contributed by atoms with E-state index in [1.807, 2.05) is 6.92 Å². The summed E-state index contributed by atoms with van der Waals surface area (Å²) in [5, 5.41) is 19.5. The van der Waals surface area contributed by atoms with Crippen LogP contribution in [0.3, 0.4) is 0 Å². The van der Waals surface area contributed by atoms with Crippen LogP contribution in [0.5, 0.6) is 0 Å². The molecule has 0 rings (SSSR count). The molecule has 0 amide bonds. The molecule has 6 nitrogen and oxygen atoms in total. The number of aliphatic hydroxyl groups is 2. The number of carbonyl (C=O) groups excluding carboxylic acids is 2. The Balaban J connectivity index is 4.10. The van der Waals surface area contributed by atoms with Gasteiger partial charge in [-0.15, -0.1) is 0 Å². The Morgan fingerprint density at radius 1 is 0.800 bits per heavy atom. The van der Waals surface area contributed by atoms with Crippen LogP contribution >= 0.6 is 0 Å². The SMILES string of the molecule is CCCCCCCC/C=C\CCCCCC(OC(=O)C(C)O)C(O)C(=O)OCCC. The Kier molecular flexibility index (Phi) is 18.6. The van der Waals surface area contributed by atoms with E-state index in [0.717, 1.165) is 25.7 Å². The van der Waals surface area contributed by atoms with Gasteiger partial charge in [-0.3, -0.25) is 0 Å². The van der Waals surface area contributed by atoms with Crippen LogP contribution in [-0.2, 0) is 19.1 Å². The van der Waals surface area contributed by atoms with E-state index in [0.29, 0.717) is 19.3 Å². The maximum Gasteiger partial charge on any atom is 0.338 e. The van der Waals surface area contributed by atoms with Crippen molar-refractivity contribution in [2.45, 2.75) is 123 Å². The number of unbranched alkanes of at least 4 members (excludes halogenated alkanes) is 9. The molecule has 0 bridgehead atoms. The number of hydrogen-bond acceptors (Lipinski definition) is 6. The third kappa shape index (κ3) is 15.4. The van der Waals surface area contributed by atoms with Crippen LogP contribution in [0.2, 0.25) is 0 Å². The van der Waals surface area contributed by atoms with Crippen LogP contribution in [0, 0.1) is 0 Å². The highest BCUT2D eigenvalue weighted by Gasteiger charge is 2.31. The summed E-state index contributed by atoms with van der Waals surface area (Å²) >= 11 is 0. The van der Waals surface area contributed by atoms with Crippen LogP contribution in [0.25, 0.3) is 0 Å². The lowest BCUT2D eigenvalue weighted by Crippen LogP contribution is -2.40. The zero-order valence-electron chi connectivity index (χ0n) is 19.3. The second-order valence-electron chi connectivity index (χ2n) is 7.93. The van der Waals surface area contributed by atoms with Crippen molar-refractivity contribution in [2.75, 3.05) is 6.61 Å². The lowest BCUT2D eigenvalue weighted by Gasteiger charge is -2.22. The summed E-state index contributed by atoms with van der Waals surface area (Å²) in [7, 11) is 0. The molecule has 0 saturated heterocycles. The highest BCUT2D eigenvalue weighted by Crippen LogP contribution is 2.15. The van der Waals surface area contributed by atoms with E-state index >= 15 is 0 Å². The Labute approximate surface area is 183 Å². The lowest BCUT2D eigenvalue weighted by molar-refractivity contribution is -0.174. The monoisotopic (exact) mass is 428 g/mol. The van der Waals surface area contributed by atoms with Gasteiger partial charge in [0.1, 0.15) is 12.2 Å². The second kappa shape index (κ2) is 19.6. The summed E-state index contributed by atoms with van der Waals surface area (Å²) < 4.78 is 10.1. The minimum absolute atomic E-state index is 0.206. The molecule has 6 heteroatoms. The van der Waals surface area contributed by atoms with Gasteiger partial charge in [-0.25, -0.2) is 9.59 Å². The summed E-state index contributed by atoms with van der Waals surface area (Å²) in [6.07, 6.45) is 14.2. The van der Waals surface area contributed by atoms with Crippen LogP contribution in [0.4, 0.5) is 0 Å². The standard InChI is InChI=1S/C24H44O6/c1-4-6-7-8-9-10-11-12-13-14-15-16-17-18-21(30-23(27)20(3)25)22(26)24(28)29-19-5-2/h12-13,20-22,25-26H,4-11,14-19H2,1-3H3/b13-12-. The van der Waals surface area contributed by atoms with Gasteiger partial charge in [-0.2, -0.15) is 0 Å². The van der Waals surface area contributed by atoms with Crippen molar-refractivity contribution < 1.29 is 29.3 Å². The van der Waals surface area contributed by atoms with E-state index in [1.165, 1.54) is 45.4 Å². The van der Waals surface area contributed by atoms with Gasteiger partial charge in [0.15, 0.2) is 6.10 Å². The van der Waals surface area contributed by atoms with Crippen molar-refractivity contribution in [1.82, 2.24) is 0 Å². The van der Waals surface area contributed by atoms with E-state index in [-0.39, 0.29) is 6.61 Å².